The summed E-state index contributed by atoms with van der Waals surface area (Å²) in [6.07, 6.45) is 8.37. The Morgan fingerprint density at radius 3 is 2.25 bits per heavy atom. The van der Waals surface area contributed by atoms with E-state index in [1.54, 1.807) is 13.8 Å². The molecule has 32 heavy (non-hydrogen) atoms. The van der Waals surface area contributed by atoms with Crippen molar-refractivity contribution in [2.24, 2.45) is 0 Å². The minimum Gasteiger partial charge on any atom is -0.307 e. The second-order valence-electron chi connectivity index (χ2n) is 9.08. The number of fused-ring (bicyclic) bond motifs is 2. The van der Waals surface area contributed by atoms with Gasteiger partial charge in [-0.05, 0) is 87.5 Å². The van der Waals surface area contributed by atoms with Crippen molar-refractivity contribution < 1.29 is 21.6 Å². The number of nitrogens with one attached hydrogen (secondary N) is 2. The minimum absolute atomic E-state index is 0.369. The summed E-state index contributed by atoms with van der Waals surface area (Å²) in [5.74, 6) is 0. The summed E-state index contributed by atoms with van der Waals surface area (Å²) in [4.78, 5) is 12.6. The van der Waals surface area contributed by atoms with Crippen LogP contribution >= 0.6 is 0 Å². The highest BCUT2D eigenvalue weighted by Crippen LogP contribution is 2.38. The van der Waals surface area contributed by atoms with Gasteiger partial charge in [0.05, 0.1) is 5.25 Å². The third-order valence-electron chi connectivity index (χ3n) is 6.60. The lowest BCUT2D eigenvalue weighted by atomic mass is 9.99. The zero-order chi connectivity index (χ0) is 23.1. The molecule has 1 fully saturated rings. The molecule has 1 heterocycles. The SMILES string of the molecule is CC(C)S(=O)(=O)N1CCC[C@@H]1/C=C/S(=O)(=O)NC(=O)Nc1c2c(cc3c1CCC3)CCC2. The molecular formula is C22H31N3O5S2. The van der Waals surface area contributed by atoms with E-state index in [1.165, 1.54) is 21.5 Å². The largest absolute Gasteiger partial charge is 0.333 e. The van der Waals surface area contributed by atoms with Gasteiger partial charge in [0.2, 0.25) is 10.0 Å². The van der Waals surface area contributed by atoms with Crippen LogP contribution in [0.1, 0.15) is 61.8 Å². The van der Waals surface area contributed by atoms with Crippen molar-refractivity contribution in [3.05, 3.63) is 39.8 Å². The first kappa shape index (κ1) is 23.3. The van der Waals surface area contributed by atoms with Crippen LogP contribution < -0.4 is 10.0 Å². The fourth-order valence-electron chi connectivity index (χ4n) is 5.01. The third kappa shape index (κ3) is 4.58. The average Bonchev–Trinajstić information content (AvgIpc) is 3.45. The van der Waals surface area contributed by atoms with Gasteiger partial charge in [-0.2, -0.15) is 4.31 Å². The van der Waals surface area contributed by atoms with E-state index in [2.05, 4.69) is 16.1 Å². The Morgan fingerprint density at radius 2 is 1.66 bits per heavy atom. The predicted molar refractivity (Wildman–Crippen MR) is 124 cm³/mol. The Hall–Kier alpha value is -1.91. The van der Waals surface area contributed by atoms with Gasteiger partial charge in [-0.1, -0.05) is 12.1 Å². The van der Waals surface area contributed by atoms with Gasteiger partial charge in [-0.3, -0.25) is 0 Å². The van der Waals surface area contributed by atoms with Crippen LogP contribution in [0.2, 0.25) is 0 Å². The van der Waals surface area contributed by atoms with Crippen molar-refractivity contribution in [2.45, 2.75) is 76.5 Å². The van der Waals surface area contributed by atoms with Gasteiger partial charge in [0, 0.05) is 23.7 Å². The van der Waals surface area contributed by atoms with E-state index in [0.717, 1.165) is 60.7 Å². The normalized spacial score (nSPS) is 21.3. The van der Waals surface area contributed by atoms with Gasteiger partial charge >= 0.3 is 6.03 Å². The molecule has 4 rings (SSSR count). The van der Waals surface area contributed by atoms with Gasteiger partial charge in [0.25, 0.3) is 10.0 Å². The summed E-state index contributed by atoms with van der Waals surface area (Å²) in [6, 6.07) is 0.927. The number of anilines is 1. The first-order valence-electron chi connectivity index (χ1n) is 11.3. The topological polar surface area (TPSA) is 113 Å². The molecule has 0 unspecified atom stereocenters. The molecule has 8 nitrogen and oxygen atoms in total. The molecule has 0 radical (unpaired) electrons. The maximum absolute atomic E-state index is 12.6. The highest BCUT2D eigenvalue weighted by Gasteiger charge is 2.35. The Bertz CT molecular complexity index is 1120. The van der Waals surface area contributed by atoms with Crippen molar-refractivity contribution in [3.8, 4) is 0 Å². The summed E-state index contributed by atoms with van der Waals surface area (Å²) < 4.78 is 53.4. The van der Waals surface area contributed by atoms with Gasteiger partial charge in [0.15, 0.2) is 0 Å². The third-order valence-corrected chi connectivity index (χ3v) is 9.88. The molecule has 2 amide bonds. The van der Waals surface area contributed by atoms with Crippen molar-refractivity contribution in [1.82, 2.24) is 9.03 Å². The molecule has 1 saturated heterocycles. The van der Waals surface area contributed by atoms with Crippen LogP contribution in [0.4, 0.5) is 10.5 Å². The van der Waals surface area contributed by atoms with Crippen molar-refractivity contribution in [3.63, 3.8) is 0 Å². The Balaban J connectivity index is 1.46. The number of aryl methyl sites for hydroxylation is 2. The number of rotatable bonds is 6. The molecule has 176 valence electrons. The number of hydrogen-bond acceptors (Lipinski definition) is 5. The quantitative estimate of drug-likeness (QED) is 0.649. The monoisotopic (exact) mass is 481 g/mol. The lowest BCUT2D eigenvalue weighted by molar-refractivity contribution is 0.256. The summed E-state index contributed by atoms with van der Waals surface area (Å²) in [6.45, 7) is 3.58. The van der Waals surface area contributed by atoms with Crippen LogP contribution in [0.5, 0.6) is 0 Å². The molecule has 10 heteroatoms. The van der Waals surface area contributed by atoms with Crippen LogP contribution in [0.15, 0.2) is 17.6 Å². The predicted octanol–water partition coefficient (Wildman–Crippen LogP) is 2.83. The number of carbonyl (C=O) groups is 1. The number of nitrogens with zero attached hydrogens (tertiary/aromatic N) is 1. The molecule has 1 atom stereocenters. The standard InChI is InChI=1S/C22H31N3O5S2/c1-15(2)32(29,30)25-12-5-8-18(25)11-13-31(27,28)24-22(26)23-21-19-9-3-6-16(19)14-17-7-4-10-20(17)21/h11,13-15,18H,3-10,12H2,1-2H3,(H2,23,24,26)/b13-11+/t18-/m1/s1. The lowest BCUT2D eigenvalue weighted by Gasteiger charge is -2.23. The van der Waals surface area contributed by atoms with Gasteiger partial charge in [0.1, 0.15) is 0 Å². The zero-order valence-corrected chi connectivity index (χ0v) is 20.2. The molecule has 0 saturated carbocycles. The van der Waals surface area contributed by atoms with Gasteiger partial charge in [-0.25, -0.2) is 26.4 Å². The van der Waals surface area contributed by atoms with Crippen molar-refractivity contribution in [2.75, 3.05) is 11.9 Å². The summed E-state index contributed by atoms with van der Waals surface area (Å²) in [7, 11) is -7.55. The van der Waals surface area contributed by atoms with Crippen LogP contribution in [0.25, 0.3) is 0 Å². The van der Waals surface area contributed by atoms with Gasteiger partial charge < -0.3 is 5.32 Å². The van der Waals surface area contributed by atoms with E-state index in [4.69, 9.17) is 0 Å². The molecule has 3 aliphatic rings. The molecule has 2 N–H and O–H groups in total. The summed E-state index contributed by atoms with van der Waals surface area (Å²) >= 11 is 0. The molecule has 1 aromatic rings. The van der Waals surface area contributed by atoms with Gasteiger partial charge in [-0.15, -0.1) is 0 Å². The molecule has 0 aromatic heterocycles. The highest BCUT2D eigenvalue weighted by molar-refractivity contribution is 7.93. The molecule has 2 aliphatic carbocycles. The number of sulfonamides is 2. The molecule has 0 spiro atoms. The van der Waals surface area contributed by atoms with E-state index in [0.29, 0.717) is 19.4 Å². The average molecular weight is 482 g/mol. The molecule has 1 aliphatic heterocycles. The number of carbonyl (C=O) groups excluding carboxylic acids is 1. The van der Waals surface area contributed by atoms with Crippen LogP contribution in [-0.2, 0) is 45.7 Å². The van der Waals surface area contributed by atoms with Crippen LogP contribution in [0.3, 0.4) is 0 Å². The van der Waals surface area contributed by atoms with E-state index < -0.39 is 37.4 Å². The van der Waals surface area contributed by atoms with Crippen molar-refractivity contribution in [1.29, 1.82) is 0 Å². The van der Waals surface area contributed by atoms with E-state index >= 15 is 0 Å². The summed E-state index contributed by atoms with van der Waals surface area (Å²) in [5, 5.41) is 3.14. The lowest BCUT2D eigenvalue weighted by Crippen LogP contribution is -2.39. The zero-order valence-electron chi connectivity index (χ0n) is 18.6. The first-order chi connectivity index (χ1) is 15.1. The van der Waals surface area contributed by atoms with E-state index in [1.807, 2.05) is 0 Å². The molecule has 0 bridgehead atoms. The minimum atomic E-state index is -4.07. The highest BCUT2D eigenvalue weighted by atomic mass is 32.2. The summed E-state index contributed by atoms with van der Waals surface area (Å²) in [5.41, 5.74) is 5.51. The van der Waals surface area contributed by atoms with Crippen LogP contribution in [0, 0.1) is 0 Å². The van der Waals surface area contributed by atoms with Crippen molar-refractivity contribution >= 4 is 31.8 Å². The number of benzene rings is 1. The fraction of sp³-hybridized carbons (Fsp3) is 0.591. The van der Waals surface area contributed by atoms with E-state index in [-0.39, 0.29) is 0 Å². The fourth-order valence-corrected chi connectivity index (χ4v) is 7.25. The van der Waals surface area contributed by atoms with Crippen LogP contribution in [-0.4, -0.2) is 45.0 Å². The number of amides is 2. The number of hydrogen-bond donors (Lipinski definition) is 2. The molecular weight excluding hydrogens is 450 g/mol. The number of urea groups is 1. The second kappa shape index (κ2) is 8.79. The maximum Gasteiger partial charge on any atom is 0.333 e. The molecule has 1 aromatic carbocycles. The Kier molecular flexibility index (Phi) is 6.39. The Labute approximate surface area is 190 Å². The van der Waals surface area contributed by atoms with E-state index in [9.17, 15) is 21.6 Å². The second-order valence-corrected chi connectivity index (χ2v) is 13.1. The smallest absolute Gasteiger partial charge is 0.307 e. The Morgan fingerprint density at radius 1 is 1.03 bits per heavy atom. The first-order valence-corrected chi connectivity index (χ1v) is 14.3. The maximum atomic E-state index is 12.6.